The first-order valence-electron chi connectivity index (χ1n) is 10.3. The molecule has 2 amide bonds. The number of halogens is 2. The lowest BCUT2D eigenvalue weighted by atomic mass is 10.0. The molecule has 1 aromatic carbocycles. The molecule has 2 aliphatic heterocycles. The summed E-state index contributed by atoms with van der Waals surface area (Å²) in [5.41, 5.74) is 1.94. The maximum absolute atomic E-state index is 12.8. The quantitative estimate of drug-likeness (QED) is 0.574. The molecule has 0 aromatic heterocycles. The molecule has 2 atom stereocenters. The van der Waals surface area contributed by atoms with E-state index < -0.39 is 6.04 Å². The molecule has 2 heterocycles. The van der Waals surface area contributed by atoms with Crippen LogP contribution < -0.4 is 20.9 Å². The molecular weight excluding hydrogens is 411 g/mol. The summed E-state index contributed by atoms with van der Waals surface area (Å²) < 4.78 is 0. The first kappa shape index (κ1) is 25.5. The molecule has 2 fully saturated rings. The zero-order valence-corrected chi connectivity index (χ0v) is 18.7. The summed E-state index contributed by atoms with van der Waals surface area (Å²) in [5.74, 6) is -0.163. The van der Waals surface area contributed by atoms with Crippen molar-refractivity contribution in [1.82, 2.24) is 10.6 Å². The molecule has 3 rings (SSSR count). The van der Waals surface area contributed by atoms with E-state index in [1.54, 1.807) is 0 Å². The van der Waals surface area contributed by atoms with Gasteiger partial charge in [0.15, 0.2) is 0 Å². The summed E-state index contributed by atoms with van der Waals surface area (Å²) >= 11 is 0. The van der Waals surface area contributed by atoms with Gasteiger partial charge in [0.2, 0.25) is 11.8 Å². The predicted octanol–water partition coefficient (Wildman–Crippen LogP) is 3.35. The van der Waals surface area contributed by atoms with Gasteiger partial charge in [0.25, 0.3) is 0 Å². The Bertz CT molecular complexity index is 647. The molecule has 164 valence electrons. The van der Waals surface area contributed by atoms with Crippen LogP contribution in [0, 0.1) is 5.92 Å². The molecule has 0 saturated carbocycles. The summed E-state index contributed by atoms with van der Waals surface area (Å²) in [5, 5.41) is 9.20. The fourth-order valence-electron chi connectivity index (χ4n) is 3.83. The number of carbonyl (C=O) groups is 2. The zero-order valence-electron chi connectivity index (χ0n) is 17.1. The minimum absolute atomic E-state index is 0. The lowest BCUT2D eigenvalue weighted by Gasteiger charge is -2.21. The molecule has 2 unspecified atom stereocenters. The van der Waals surface area contributed by atoms with Crippen molar-refractivity contribution in [3.8, 4) is 0 Å². The molecule has 29 heavy (non-hydrogen) atoms. The molecular formula is C21H34Cl2N4O2. The predicted molar refractivity (Wildman–Crippen MR) is 123 cm³/mol. The van der Waals surface area contributed by atoms with Crippen LogP contribution in [-0.4, -0.2) is 44.0 Å². The van der Waals surface area contributed by atoms with E-state index in [1.807, 2.05) is 18.2 Å². The van der Waals surface area contributed by atoms with Gasteiger partial charge >= 0.3 is 0 Å². The lowest BCUT2D eigenvalue weighted by Crippen LogP contribution is -2.46. The summed E-state index contributed by atoms with van der Waals surface area (Å²) in [4.78, 5) is 27.7. The van der Waals surface area contributed by atoms with Gasteiger partial charge < -0.3 is 20.9 Å². The van der Waals surface area contributed by atoms with E-state index in [0.717, 1.165) is 50.3 Å². The number of nitrogens with one attached hydrogen (secondary N) is 3. The molecule has 2 saturated heterocycles. The maximum Gasteiger partial charge on any atom is 0.246 e. The second kappa shape index (κ2) is 12.9. The maximum atomic E-state index is 12.8. The molecule has 0 aliphatic carbocycles. The molecule has 0 spiro atoms. The van der Waals surface area contributed by atoms with Crippen LogP contribution in [0.1, 0.15) is 45.4 Å². The van der Waals surface area contributed by atoms with Crippen LogP contribution >= 0.6 is 24.8 Å². The van der Waals surface area contributed by atoms with Crippen LogP contribution in [0.3, 0.4) is 0 Å². The minimum Gasteiger partial charge on any atom is -0.371 e. The lowest BCUT2D eigenvalue weighted by molar-refractivity contribution is -0.129. The van der Waals surface area contributed by atoms with Crippen LogP contribution in [0.2, 0.25) is 0 Å². The van der Waals surface area contributed by atoms with Gasteiger partial charge in [-0.15, -0.1) is 24.8 Å². The van der Waals surface area contributed by atoms with Gasteiger partial charge in [-0.1, -0.05) is 25.8 Å². The van der Waals surface area contributed by atoms with Crippen LogP contribution in [0.5, 0.6) is 0 Å². The van der Waals surface area contributed by atoms with E-state index in [2.05, 4.69) is 33.8 Å². The molecule has 0 radical (unpaired) electrons. The van der Waals surface area contributed by atoms with Crippen molar-refractivity contribution < 1.29 is 9.59 Å². The SMILES string of the molecule is CCCCC(NC(=O)C1CCNC1)C(=O)Nc1cccc(N2CCCC2)c1.Cl.Cl. The van der Waals surface area contributed by atoms with Gasteiger partial charge in [0.1, 0.15) is 6.04 Å². The smallest absolute Gasteiger partial charge is 0.246 e. The highest BCUT2D eigenvalue weighted by molar-refractivity contribution is 5.97. The average molecular weight is 445 g/mol. The number of amides is 2. The van der Waals surface area contributed by atoms with Gasteiger partial charge in [-0.05, 0) is 50.4 Å². The molecule has 0 bridgehead atoms. The third kappa shape index (κ3) is 7.36. The number of hydrogen-bond acceptors (Lipinski definition) is 4. The molecule has 6 nitrogen and oxygen atoms in total. The van der Waals surface area contributed by atoms with Gasteiger partial charge in [-0.2, -0.15) is 0 Å². The number of benzene rings is 1. The summed E-state index contributed by atoms with van der Waals surface area (Å²) in [6, 6.07) is 7.53. The minimum atomic E-state index is -0.478. The Kier molecular flexibility index (Phi) is 11.4. The Balaban J connectivity index is 0.00000210. The zero-order chi connectivity index (χ0) is 19.1. The van der Waals surface area contributed by atoms with E-state index in [0.29, 0.717) is 13.0 Å². The largest absolute Gasteiger partial charge is 0.371 e. The third-order valence-electron chi connectivity index (χ3n) is 5.50. The number of anilines is 2. The Morgan fingerprint density at radius 1 is 1.24 bits per heavy atom. The van der Waals surface area contributed by atoms with Crippen molar-refractivity contribution in [2.24, 2.45) is 5.92 Å². The fourth-order valence-corrected chi connectivity index (χ4v) is 3.83. The second-order valence-electron chi connectivity index (χ2n) is 7.63. The number of carbonyl (C=O) groups excluding carboxylic acids is 2. The number of rotatable bonds is 8. The van der Waals surface area contributed by atoms with Gasteiger partial charge in [0, 0.05) is 31.0 Å². The Labute approximate surface area is 186 Å². The van der Waals surface area contributed by atoms with Crippen molar-refractivity contribution >= 4 is 48.0 Å². The molecule has 1 aromatic rings. The topological polar surface area (TPSA) is 73.5 Å². The number of hydrogen-bond donors (Lipinski definition) is 3. The van der Waals surface area contributed by atoms with Crippen LogP contribution in [0.25, 0.3) is 0 Å². The van der Waals surface area contributed by atoms with Gasteiger partial charge in [-0.3, -0.25) is 9.59 Å². The summed E-state index contributed by atoms with van der Waals surface area (Å²) in [6.07, 6.45) is 5.85. The van der Waals surface area contributed by atoms with Crippen LogP contribution in [0.4, 0.5) is 11.4 Å². The van der Waals surface area contributed by atoms with Crippen molar-refractivity contribution in [2.45, 2.75) is 51.5 Å². The summed E-state index contributed by atoms with van der Waals surface area (Å²) in [6.45, 7) is 5.81. The van der Waals surface area contributed by atoms with Crippen molar-refractivity contribution in [2.75, 3.05) is 36.4 Å². The third-order valence-corrected chi connectivity index (χ3v) is 5.50. The molecule has 8 heteroatoms. The van der Waals surface area contributed by atoms with Crippen molar-refractivity contribution in [3.05, 3.63) is 24.3 Å². The van der Waals surface area contributed by atoms with Crippen molar-refractivity contribution in [3.63, 3.8) is 0 Å². The van der Waals surface area contributed by atoms with E-state index >= 15 is 0 Å². The first-order chi connectivity index (χ1) is 13.2. The first-order valence-corrected chi connectivity index (χ1v) is 10.3. The number of unbranched alkanes of at least 4 members (excludes halogenated alkanes) is 1. The monoisotopic (exact) mass is 444 g/mol. The van der Waals surface area contributed by atoms with E-state index in [9.17, 15) is 9.59 Å². The van der Waals surface area contributed by atoms with Gasteiger partial charge in [0.05, 0.1) is 5.92 Å². The van der Waals surface area contributed by atoms with Crippen molar-refractivity contribution in [1.29, 1.82) is 0 Å². The van der Waals surface area contributed by atoms with Crippen LogP contribution in [0.15, 0.2) is 24.3 Å². The Morgan fingerprint density at radius 2 is 2.00 bits per heavy atom. The highest BCUT2D eigenvalue weighted by atomic mass is 35.5. The van der Waals surface area contributed by atoms with Gasteiger partial charge in [-0.25, -0.2) is 0 Å². The highest BCUT2D eigenvalue weighted by Gasteiger charge is 2.27. The molecule has 2 aliphatic rings. The highest BCUT2D eigenvalue weighted by Crippen LogP contribution is 2.23. The average Bonchev–Trinajstić information content (AvgIpc) is 3.39. The fraction of sp³-hybridized carbons (Fsp3) is 0.619. The standard InChI is InChI=1S/C21H32N4O2.2ClH/c1-2-3-9-19(24-20(26)16-10-11-22-15-16)21(27)23-17-7-6-8-18(14-17)25-12-4-5-13-25;;/h6-8,14,16,19,22H,2-5,9-13,15H2,1H3,(H,23,27)(H,24,26);2*1H. The second-order valence-corrected chi connectivity index (χ2v) is 7.63. The Hall–Kier alpha value is -1.50. The Morgan fingerprint density at radius 3 is 2.66 bits per heavy atom. The van der Waals surface area contributed by atoms with Crippen LogP contribution in [-0.2, 0) is 9.59 Å². The normalized spacial score (nSPS) is 19.1. The summed E-state index contributed by atoms with van der Waals surface area (Å²) in [7, 11) is 0. The number of nitrogens with zero attached hydrogens (tertiary/aromatic N) is 1. The van der Waals surface area contributed by atoms with E-state index in [4.69, 9.17) is 0 Å². The van der Waals surface area contributed by atoms with E-state index in [-0.39, 0.29) is 42.5 Å². The molecule has 3 N–H and O–H groups in total. The van der Waals surface area contributed by atoms with E-state index in [1.165, 1.54) is 12.8 Å².